The van der Waals surface area contributed by atoms with Gasteiger partial charge in [-0.25, -0.2) is 0 Å². The smallest absolute Gasteiger partial charge is 0.238 e. The van der Waals surface area contributed by atoms with Crippen LogP contribution in [0, 0.1) is 0 Å². The van der Waals surface area contributed by atoms with Crippen molar-refractivity contribution in [2.75, 3.05) is 38.5 Å². The number of likely N-dealkylation sites (N-methyl/N-ethyl adjacent to an activating group) is 1. The number of piperazine rings is 1. The number of amides is 1. The molecular weight excluding hydrogens is 270 g/mol. The highest BCUT2D eigenvalue weighted by Crippen LogP contribution is 2.17. The molecule has 0 radical (unpaired) electrons. The second kappa shape index (κ2) is 8.29. The Morgan fingerprint density at radius 3 is 3.00 bits per heavy atom. The van der Waals surface area contributed by atoms with Crippen molar-refractivity contribution in [3.63, 3.8) is 0 Å². The van der Waals surface area contributed by atoms with E-state index in [0.29, 0.717) is 6.54 Å². The number of nitrogens with zero attached hydrogens (tertiary/aromatic N) is 1. The van der Waals surface area contributed by atoms with Gasteiger partial charge in [0, 0.05) is 43.4 Å². The molecule has 2 rings (SSSR count). The predicted molar refractivity (Wildman–Crippen MR) is 84.1 cm³/mol. The van der Waals surface area contributed by atoms with E-state index < -0.39 is 0 Å². The van der Waals surface area contributed by atoms with E-state index >= 15 is 0 Å². The zero-order chi connectivity index (χ0) is 14.2. The molecule has 1 aliphatic heterocycles. The van der Waals surface area contributed by atoms with Crippen molar-refractivity contribution in [3.05, 3.63) is 30.3 Å². The van der Waals surface area contributed by atoms with Gasteiger partial charge in [0.15, 0.2) is 0 Å². The topological polar surface area (TPSA) is 44.4 Å². The van der Waals surface area contributed by atoms with Crippen LogP contribution in [0.4, 0.5) is 0 Å². The molecule has 0 bridgehead atoms. The van der Waals surface area contributed by atoms with Gasteiger partial charge in [-0.1, -0.05) is 18.2 Å². The van der Waals surface area contributed by atoms with Crippen molar-refractivity contribution in [2.45, 2.75) is 17.9 Å². The summed E-state index contributed by atoms with van der Waals surface area (Å²) in [4.78, 5) is 15.6. The summed E-state index contributed by atoms with van der Waals surface area (Å²) in [6, 6.07) is 10.4. The van der Waals surface area contributed by atoms with Crippen molar-refractivity contribution in [3.8, 4) is 0 Å². The Morgan fingerprint density at radius 2 is 2.25 bits per heavy atom. The molecule has 5 heteroatoms. The number of nitrogens with one attached hydrogen (secondary N) is 2. The van der Waals surface area contributed by atoms with E-state index in [-0.39, 0.29) is 11.9 Å². The molecule has 1 amide bonds. The molecule has 0 saturated carbocycles. The third-order valence-electron chi connectivity index (χ3n) is 3.40. The monoisotopic (exact) mass is 293 g/mol. The van der Waals surface area contributed by atoms with E-state index in [0.717, 1.165) is 31.9 Å². The summed E-state index contributed by atoms with van der Waals surface area (Å²) < 4.78 is 0. The highest BCUT2D eigenvalue weighted by Gasteiger charge is 2.27. The van der Waals surface area contributed by atoms with Crippen molar-refractivity contribution in [1.29, 1.82) is 0 Å². The maximum Gasteiger partial charge on any atom is 0.238 e. The minimum Gasteiger partial charge on any atom is -0.355 e. The summed E-state index contributed by atoms with van der Waals surface area (Å²) in [5, 5.41) is 6.23. The van der Waals surface area contributed by atoms with Gasteiger partial charge in [-0.05, 0) is 19.1 Å². The highest BCUT2D eigenvalue weighted by atomic mass is 32.2. The van der Waals surface area contributed by atoms with Gasteiger partial charge in [0.25, 0.3) is 0 Å². The molecule has 1 saturated heterocycles. The summed E-state index contributed by atoms with van der Waals surface area (Å²) in [6.45, 7) is 6.26. The fraction of sp³-hybridized carbons (Fsp3) is 0.533. The number of carbonyl (C=O) groups is 1. The molecule has 1 aromatic rings. The summed E-state index contributed by atoms with van der Waals surface area (Å²) >= 11 is 1.85. The Balaban J connectivity index is 1.81. The minimum absolute atomic E-state index is 0.0277. The quantitative estimate of drug-likeness (QED) is 0.773. The molecule has 0 aliphatic carbocycles. The van der Waals surface area contributed by atoms with Gasteiger partial charge in [0.05, 0.1) is 0 Å². The lowest BCUT2D eigenvalue weighted by Gasteiger charge is -2.34. The molecule has 2 N–H and O–H groups in total. The van der Waals surface area contributed by atoms with Gasteiger partial charge in [0.2, 0.25) is 5.91 Å². The maximum absolute atomic E-state index is 12.0. The molecule has 1 heterocycles. The lowest BCUT2D eigenvalue weighted by molar-refractivity contribution is -0.126. The van der Waals surface area contributed by atoms with Crippen LogP contribution in [0.5, 0.6) is 0 Å². The van der Waals surface area contributed by atoms with Crippen LogP contribution in [0.25, 0.3) is 0 Å². The van der Waals surface area contributed by atoms with Crippen molar-refractivity contribution < 1.29 is 4.79 Å². The molecule has 1 atom stereocenters. The Bertz CT molecular complexity index is 413. The van der Waals surface area contributed by atoms with Crippen LogP contribution in [0.2, 0.25) is 0 Å². The third kappa shape index (κ3) is 4.51. The Kier molecular flexibility index (Phi) is 6.36. The normalized spacial score (nSPS) is 19.8. The van der Waals surface area contributed by atoms with Crippen molar-refractivity contribution in [1.82, 2.24) is 15.5 Å². The maximum atomic E-state index is 12.0. The summed E-state index contributed by atoms with van der Waals surface area (Å²) in [5.74, 6) is 1.16. The molecule has 110 valence electrons. The lowest BCUT2D eigenvalue weighted by Crippen LogP contribution is -2.58. The number of hydrogen-bond donors (Lipinski definition) is 2. The van der Waals surface area contributed by atoms with Crippen LogP contribution >= 0.6 is 11.8 Å². The number of benzene rings is 1. The number of rotatable bonds is 6. The van der Waals surface area contributed by atoms with E-state index in [4.69, 9.17) is 0 Å². The van der Waals surface area contributed by atoms with Crippen molar-refractivity contribution >= 4 is 17.7 Å². The first-order valence-corrected chi connectivity index (χ1v) is 8.20. The molecule has 0 aromatic heterocycles. The van der Waals surface area contributed by atoms with Gasteiger partial charge in [-0.15, -0.1) is 11.8 Å². The average Bonchev–Trinajstić information content (AvgIpc) is 2.49. The summed E-state index contributed by atoms with van der Waals surface area (Å²) in [5.41, 5.74) is 0. The fourth-order valence-electron chi connectivity index (χ4n) is 2.36. The Labute approximate surface area is 125 Å². The predicted octanol–water partition coefficient (Wildman–Crippen LogP) is 1.19. The Hall–Kier alpha value is -1.04. The van der Waals surface area contributed by atoms with E-state index in [2.05, 4.69) is 39.8 Å². The average molecular weight is 293 g/mol. The molecule has 1 fully saturated rings. The SMILES string of the molecule is CCNC(=O)C1CNCCN1CCSc1ccccc1. The second-order valence-electron chi connectivity index (χ2n) is 4.81. The van der Waals surface area contributed by atoms with Crippen LogP contribution in [0.15, 0.2) is 35.2 Å². The molecule has 1 aromatic carbocycles. The van der Waals surface area contributed by atoms with Gasteiger partial charge >= 0.3 is 0 Å². The van der Waals surface area contributed by atoms with Gasteiger partial charge < -0.3 is 10.6 Å². The van der Waals surface area contributed by atoms with Gasteiger partial charge in [-0.3, -0.25) is 9.69 Å². The fourth-order valence-corrected chi connectivity index (χ4v) is 3.27. The van der Waals surface area contributed by atoms with E-state index in [1.54, 1.807) is 0 Å². The summed E-state index contributed by atoms with van der Waals surface area (Å²) in [6.07, 6.45) is 0. The van der Waals surface area contributed by atoms with Crippen LogP contribution < -0.4 is 10.6 Å². The largest absolute Gasteiger partial charge is 0.355 e. The molecule has 1 unspecified atom stereocenters. The van der Waals surface area contributed by atoms with Crippen LogP contribution in [-0.2, 0) is 4.79 Å². The van der Waals surface area contributed by atoms with E-state index in [1.807, 2.05) is 24.8 Å². The lowest BCUT2D eigenvalue weighted by atomic mass is 10.2. The van der Waals surface area contributed by atoms with Crippen LogP contribution in [0.1, 0.15) is 6.92 Å². The summed E-state index contributed by atoms with van der Waals surface area (Å²) in [7, 11) is 0. The zero-order valence-corrected chi connectivity index (χ0v) is 12.8. The first kappa shape index (κ1) is 15.4. The van der Waals surface area contributed by atoms with Gasteiger partial charge in [0.1, 0.15) is 6.04 Å². The first-order valence-electron chi connectivity index (χ1n) is 7.21. The number of hydrogen-bond acceptors (Lipinski definition) is 4. The van der Waals surface area contributed by atoms with Gasteiger partial charge in [-0.2, -0.15) is 0 Å². The third-order valence-corrected chi connectivity index (χ3v) is 4.39. The van der Waals surface area contributed by atoms with E-state index in [1.165, 1.54) is 4.90 Å². The molecule has 0 spiro atoms. The second-order valence-corrected chi connectivity index (χ2v) is 5.98. The molecule has 20 heavy (non-hydrogen) atoms. The molecule has 4 nitrogen and oxygen atoms in total. The standard InChI is InChI=1S/C15H23N3OS/c1-2-17-15(19)14-12-16-8-9-18(14)10-11-20-13-6-4-3-5-7-13/h3-7,14,16H,2,8-12H2,1H3,(H,17,19). The van der Waals surface area contributed by atoms with E-state index in [9.17, 15) is 4.79 Å². The minimum atomic E-state index is -0.0277. The Morgan fingerprint density at radius 1 is 1.45 bits per heavy atom. The first-order chi connectivity index (χ1) is 9.81. The van der Waals surface area contributed by atoms with Crippen LogP contribution in [0.3, 0.4) is 0 Å². The number of carbonyl (C=O) groups excluding carboxylic acids is 1. The van der Waals surface area contributed by atoms with Crippen molar-refractivity contribution in [2.24, 2.45) is 0 Å². The van der Waals surface area contributed by atoms with Crippen LogP contribution in [-0.4, -0.2) is 55.3 Å². The highest BCUT2D eigenvalue weighted by molar-refractivity contribution is 7.99. The molecule has 1 aliphatic rings. The molecular formula is C15H23N3OS. The zero-order valence-electron chi connectivity index (χ0n) is 12.0. The number of thioether (sulfide) groups is 1.